The molecule has 0 aliphatic heterocycles. The van der Waals surface area contributed by atoms with Gasteiger partial charge in [-0.2, -0.15) is 0 Å². The lowest BCUT2D eigenvalue weighted by molar-refractivity contribution is -0.116. The van der Waals surface area contributed by atoms with E-state index in [1.807, 2.05) is 6.08 Å². The minimum atomic E-state index is 0.255. The van der Waals surface area contributed by atoms with Crippen LogP contribution in [-0.4, -0.2) is 5.78 Å². The topological polar surface area (TPSA) is 17.1 Å². The molecular formula is C21H30O. The van der Waals surface area contributed by atoms with E-state index in [1.54, 1.807) is 0 Å². The fourth-order valence-electron chi connectivity index (χ4n) is 6.68. The summed E-state index contributed by atoms with van der Waals surface area (Å²) in [5.41, 5.74) is 3.59. The summed E-state index contributed by atoms with van der Waals surface area (Å²) in [4.78, 5) is 11.9. The normalized spacial score (nSPS) is 50.6. The lowest BCUT2D eigenvalue weighted by atomic mass is 9.48. The van der Waals surface area contributed by atoms with Crippen LogP contribution in [0, 0.1) is 34.5 Å². The van der Waals surface area contributed by atoms with Crippen LogP contribution < -0.4 is 0 Å². The molecule has 4 unspecified atom stereocenters. The van der Waals surface area contributed by atoms with Gasteiger partial charge in [0, 0.05) is 6.42 Å². The standard InChI is InChI=1S/C21H30O/c1-13-11-16-17-6-5-14(2)20(17,3)10-8-18(16)21(4)9-7-15(22)12-19(13)21/h11-12,14,16-18H,5-10H2,1-4H3/t14?,16?,17?,18?,20-,21-/m1/s1. The van der Waals surface area contributed by atoms with Crippen LogP contribution in [0.1, 0.15) is 66.2 Å². The molecule has 0 amide bonds. The molecule has 0 aromatic rings. The number of carbonyl (C=O) groups is 1. The van der Waals surface area contributed by atoms with Gasteiger partial charge in [-0.25, -0.2) is 0 Å². The molecule has 1 nitrogen and oxygen atoms in total. The molecule has 0 aromatic carbocycles. The lowest BCUT2D eigenvalue weighted by Gasteiger charge is -2.56. The molecule has 0 spiro atoms. The highest BCUT2D eigenvalue weighted by molar-refractivity contribution is 5.92. The molecule has 0 saturated heterocycles. The van der Waals surface area contributed by atoms with E-state index in [4.69, 9.17) is 0 Å². The van der Waals surface area contributed by atoms with Crippen LogP contribution in [-0.2, 0) is 4.79 Å². The zero-order chi connectivity index (χ0) is 15.7. The van der Waals surface area contributed by atoms with Crippen LogP contribution in [0.4, 0.5) is 0 Å². The van der Waals surface area contributed by atoms with Crippen molar-refractivity contribution in [2.45, 2.75) is 66.2 Å². The average Bonchev–Trinajstić information content (AvgIpc) is 2.77. The van der Waals surface area contributed by atoms with Crippen LogP contribution in [0.15, 0.2) is 23.3 Å². The van der Waals surface area contributed by atoms with Gasteiger partial charge in [-0.05, 0) is 85.2 Å². The zero-order valence-corrected chi connectivity index (χ0v) is 14.6. The minimum Gasteiger partial charge on any atom is -0.295 e. The monoisotopic (exact) mass is 298 g/mol. The molecule has 6 atom stereocenters. The fourth-order valence-corrected chi connectivity index (χ4v) is 6.68. The highest BCUT2D eigenvalue weighted by atomic mass is 16.1. The van der Waals surface area contributed by atoms with Gasteiger partial charge in [-0.3, -0.25) is 4.79 Å². The van der Waals surface area contributed by atoms with Crippen molar-refractivity contribution < 1.29 is 4.79 Å². The third-order valence-corrected chi connectivity index (χ3v) is 8.30. The Morgan fingerprint density at radius 3 is 2.64 bits per heavy atom. The average molecular weight is 298 g/mol. The van der Waals surface area contributed by atoms with Crippen molar-refractivity contribution in [3.63, 3.8) is 0 Å². The second-order valence-corrected chi connectivity index (χ2v) is 9.10. The van der Waals surface area contributed by atoms with Crippen molar-refractivity contribution in [2.75, 3.05) is 0 Å². The molecule has 4 aliphatic rings. The Kier molecular flexibility index (Phi) is 3.07. The predicted octanol–water partition coefficient (Wildman–Crippen LogP) is 5.32. The quantitative estimate of drug-likeness (QED) is 0.591. The lowest BCUT2D eigenvalue weighted by Crippen LogP contribution is -2.49. The van der Waals surface area contributed by atoms with Gasteiger partial charge >= 0.3 is 0 Å². The molecule has 0 radical (unpaired) electrons. The van der Waals surface area contributed by atoms with Gasteiger partial charge in [-0.15, -0.1) is 0 Å². The number of rotatable bonds is 0. The van der Waals surface area contributed by atoms with E-state index in [1.165, 1.54) is 36.8 Å². The van der Waals surface area contributed by atoms with Crippen LogP contribution >= 0.6 is 0 Å². The van der Waals surface area contributed by atoms with Crippen molar-refractivity contribution in [3.05, 3.63) is 23.3 Å². The van der Waals surface area contributed by atoms with Crippen LogP contribution in [0.3, 0.4) is 0 Å². The number of hydrogen-bond donors (Lipinski definition) is 0. The Labute approximate surface area is 135 Å². The number of hydrogen-bond acceptors (Lipinski definition) is 1. The molecule has 0 aromatic heterocycles. The number of fused-ring (bicyclic) bond motifs is 5. The molecule has 2 fully saturated rings. The summed E-state index contributed by atoms with van der Waals surface area (Å²) >= 11 is 0. The van der Waals surface area contributed by atoms with Gasteiger partial charge < -0.3 is 0 Å². The Bertz CT molecular complexity index is 583. The van der Waals surface area contributed by atoms with Crippen LogP contribution in [0.5, 0.6) is 0 Å². The van der Waals surface area contributed by atoms with Gasteiger partial charge in [0.2, 0.25) is 0 Å². The minimum absolute atomic E-state index is 0.255. The maximum absolute atomic E-state index is 11.9. The maximum Gasteiger partial charge on any atom is 0.156 e. The third-order valence-electron chi connectivity index (χ3n) is 8.30. The summed E-state index contributed by atoms with van der Waals surface area (Å²) < 4.78 is 0. The summed E-state index contributed by atoms with van der Waals surface area (Å²) in [5.74, 6) is 3.60. The molecule has 4 rings (SSSR count). The van der Waals surface area contributed by atoms with Crippen molar-refractivity contribution >= 4 is 5.78 Å². The van der Waals surface area contributed by atoms with Gasteiger partial charge in [0.25, 0.3) is 0 Å². The smallest absolute Gasteiger partial charge is 0.156 e. The van der Waals surface area contributed by atoms with Crippen molar-refractivity contribution in [1.29, 1.82) is 0 Å². The first kappa shape index (κ1) is 14.7. The van der Waals surface area contributed by atoms with E-state index in [9.17, 15) is 4.79 Å². The van der Waals surface area contributed by atoms with E-state index in [0.29, 0.717) is 11.2 Å². The van der Waals surface area contributed by atoms with Gasteiger partial charge in [0.15, 0.2) is 5.78 Å². The Hall–Kier alpha value is -0.850. The van der Waals surface area contributed by atoms with E-state index in [-0.39, 0.29) is 5.41 Å². The second kappa shape index (κ2) is 4.58. The molecule has 4 aliphatic carbocycles. The number of carbonyl (C=O) groups excluding carboxylic acids is 1. The highest BCUT2D eigenvalue weighted by Crippen LogP contribution is 2.65. The molecule has 22 heavy (non-hydrogen) atoms. The first-order valence-corrected chi connectivity index (χ1v) is 9.30. The van der Waals surface area contributed by atoms with Crippen LogP contribution in [0.25, 0.3) is 0 Å². The van der Waals surface area contributed by atoms with E-state index in [2.05, 4.69) is 33.8 Å². The second-order valence-electron chi connectivity index (χ2n) is 9.10. The van der Waals surface area contributed by atoms with Crippen LogP contribution in [0.2, 0.25) is 0 Å². The molecule has 1 heteroatoms. The Balaban J connectivity index is 1.80. The predicted molar refractivity (Wildman–Crippen MR) is 90.4 cm³/mol. The first-order chi connectivity index (χ1) is 10.4. The van der Waals surface area contributed by atoms with E-state index >= 15 is 0 Å². The summed E-state index contributed by atoms with van der Waals surface area (Å²) in [6.07, 6.45) is 12.0. The fraction of sp³-hybridized carbons (Fsp3) is 0.762. The third kappa shape index (κ3) is 1.74. The SMILES string of the molecule is CC1=CC2C3CCC(C)[C@@]3(C)CCC2[C@@]2(C)CCC(=O)C=C12. The molecule has 0 heterocycles. The number of ketones is 1. The summed E-state index contributed by atoms with van der Waals surface area (Å²) in [5, 5.41) is 0. The number of allylic oxidation sites excluding steroid dienone is 4. The first-order valence-electron chi connectivity index (χ1n) is 9.30. The highest BCUT2D eigenvalue weighted by Gasteiger charge is 2.57. The largest absolute Gasteiger partial charge is 0.295 e. The molecular weight excluding hydrogens is 268 g/mol. The van der Waals surface area contributed by atoms with Gasteiger partial charge in [0.1, 0.15) is 0 Å². The van der Waals surface area contributed by atoms with Crippen molar-refractivity contribution in [2.24, 2.45) is 34.5 Å². The molecule has 0 bridgehead atoms. The molecule has 0 N–H and O–H groups in total. The molecule has 2 saturated carbocycles. The van der Waals surface area contributed by atoms with E-state index < -0.39 is 0 Å². The maximum atomic E-state index is 11.9. The zero-order valence-electron chi connectivity index (χ0n) is 14.6. The van der Waals surface area contributed by atoms with Gasteiger partial charge in [0.05, 0.1) is 0 Å². The summed E-state index contributed by atoms with van der Waals surface area (Å²) in [6.45, 7) is 9.75. The van der Waals surface area contributed by atoms with Crippen molar-refractivity contribution in [3.8, 4) is 0 Å². The summed E-state index contributed by atoms with van der Waals surface area (Å²) in [6, 6.07) is 0. The Morgan fingerprint density at radius 1 is 1.09 bits per heavy atom. The summed E-state index contributed by atoms with van der Waals surface area (Å²) in [7, 11) is 0. The van der Waals surface area contributed by atoms with E-state index in [0.717, 1.165) is 36.5 Å². The van der Waals surface area contributed by atoms with Gasteiger partial charge in [-0.1, -0.05) is 32.4 Å². The molecule has 120 valence electrons. The Morgan fingerprint density at radius 2 is 1.86 bits per heavy atom. The van der Waals surface area contributed by atoms with Crippen molar-refractivity contribution in [1.82, 2.24) is 0 Å².